The first-order valence-electron chi connectivity index (χ1n) is 7.50. The predicted molar refractivity (Wildman–Crippen MR) is 80.6 cm³/mol. The maximum absolute atomic E-state index is 4.30. The van der Waals surface area contributed by atoms with E-state index in [1.54, 1.807) is 0 Å². The normalized spacial score (nSPS) is 31.1. The Bertz CT molecular complexity index is 309. The van der Waals surface area contributed by atoms with Gasteiger partial charge in [-0.3, -0.25) is 9.89 Å². The molecule has 0 radical (unpaired) electrons. The van der Waals surface area contributed by atoms with Gasteiger partial charge >= 0.3 is 0 Å². The number of guanidine groups is 1. The maximum Gasteiger partial charge on any atom is 0.191 e. The molecule has 0 spiro atoms. The molecule has 1 aliphatic carbocycles. The lowest BCUT2D eigenvalue weighted by atomic mass is 10.2. The van der Waals surface area contributed by atoms with Gasteiger partial charge in [-0.05, 0) is 26.3 Å². The second-order valence-electron chi connectivity index (χ2n) is 6.11. The molecule has 1 saturated heterocycles. The minimum atomic E-state index is 0.559. The minimum Gasteiger partial charge on any atom is -0.355 e. The highest BCUT2D eigenvalue weighted by molar-refractivity contribution is 5.80. The Morgan fingerprint density at radius 1 is 1.32 bits per heavy atom. The van der Waals surface area contributed by atoms with Crippen LogP contribution in [0, 0.1) is 5.92 Å². The third-order valence-corrected chi connectivity index (χ3v) is 4.38. The third-order valence-electron chi connectivity index (χ3n) is 4.38. The third kappa shape index (κ3) is 4.35. The van der Waals surface area contributed by atoms with Crippen molar-refractivity contribution in [2.75, 3.05) is 46.8 Å². The lowest BCUT2D eigenvalue weighted by Crippen LogP contribution is -2.52. The van der Waals surface area contributed by atoms with Crippen molar-refractivity contribution < 1.29 is 0 Å². The second-order valence-corrected chi connectivity index (χ2v) is 6.11. The summed E-state index contributed by atoms with van der Waals surface area (Å²) < 4.78 is 0. The fourth-order valence-electron chi connectivity index (χ4n) is 2.53. The van der Waals surface area contributed by atoms with Crippen LogP contribution in [0.1, 0.15) is 20.3 Å². The first-order valence-corrected chi connectivity index (χ1v) is 7.50. The van der Waals surface area contributed by atoms with Gasteiger partial charge in [0.15, 0.2) is 5.96 Å². The number of hydrogen-bond donors (Lipinski definition) is 2. The van der Waals surface area contributed by atoms with E-state index in [9.17, 15) is 0 Å². The summed E-state index contributed by atoms with van der Waals surface area (Å²) >= 11 is 0. The number of rotatable bonds is 4. The Balaban J connectivity index is 1.68. The Labute approximate surface area is 117 Å². The summed E-state index contributed by atoms with van der Waals surface area (Å²) in [6.45, 7) is 10.2. The monoisotopic (exact) mass is 267 g/mol. The smallest absolute Gasteiger partial charge is 0.191 e. The molecule has 1 aliphatic heterocycles. The van der Waals surface area contributed by atoms with Gasteiger partial charge in [-0.2, -0.15) is 0 Å². The molecule has 2 aliphatic rings. The number of nitrogens with one attached hydrogen (secondary N) is 2. The van der Waals surface area contributed by atoms with E-state index >= 15 is 0 Å². The van der Waals surface area contributed by atoms with Crippen molar-refractivity contribution >= 4 is 5.96 Å². The molecule has 0 aromatic carbocycles. The first kappa shape index (κ1) is 14.6. The molecule has 3 atom stereocenters. The molecular weight excluding hydrogens is 238 g/mol. The lowest BCUT2D eigenvalue weighted by Gasteiger charge is -2.36. The summed E-state index contributed by atoms with van der Waals surface area (Å²) in [5.41, 5.74) is 0. The maximum atomic E-state index is 4.30. The van der Waals surface area contributed by atoms with Crippen LogP contribution in [0.4, 0.5) is 0 Å². The molecule has 0 aromatic heterocycles. The molecule has 5 nitrogen and oxygen atoms in total. The van der Waals surface area contributed by atoms with Crippen LogP contribution in [0.5, 0.6) is 0 Å². The van der Waals surface area contributed by atoms with Crippen LogP contribution < -0.4 is 10.6 Å². The SMILES string of the molecule is CN=C(NCC(C)N1CCN(C)CC1)NC1CC1C. The van der Waals surface area contributed by atoms with E-state index in [1.165, 1.54) is 32.6 Å². The van der Waals surface area contributed by atoms with E-state index in [1.807, 2.05) is 7.05 Å². The van der Waals surface area contributed by atoms with E-state index in [-0.39, 0.29) is 0 Å². The molecule has 19 heavy (non-hydrogen) atoms. The fourth-order valence-corrected chi connectivity index (χ4v) is 2.53. The average Bonchev–Trinajstić information content (AvgIpc) is 3.10. The van der Waals surface area contributed by atoms with Gasteiger partial charge < -0.3 is 15.5 Å². The molecule has 0 aromatic rings. The molecule has 0 amide bonds. The fraction of sp³-hybridized carbons (Fsp3) is 0.929. The highest BCUT2D eigenvalue weighted by Crippen LogP contribution is 2.28. The van der Waals surface area contributed by atoms with Crippen molar-refractivity contribution in [3.05, 3.63) is 0 Å². The van der Waals surface area contributed by atoms with Crippen molar-refractivity contribution in [1.82, 2.24) is 20.4 Å². The molecule has 3 unspecified atom stereocenters. The summed E-state index contributed by atoms with van der Waals surface area (Å²) in [4.78, 5) is 9.25. The van der Waals surface area contributed by atoms with Gasteiger partial charge in [-0.1, -0.05) is 6.92 Å². The number of likely N-dealkylation sites (N-methyl/N-ethyl adjacent to an activating group) is 1. The summed E-state index contributed by atoms with van der Waals surface area (Å²) in [6, 6.07) is 1.19. The van der Waals surface area contributed by atoms with E-state index < -0.39 is 0 Å². The van der Waals surface area contributed by atoms with Crippen LogP contribution >= 0.6 is 0 Å². The van der Waals surface area contributed by atoms with E-state index in [0.29, 0.717) is 12.1 Å². The molecule has 2 N–H and O–H groups in total. The second kappa shape index (κ2) is 6.57. The highest BCUT2D eigenvalue weighted by Gasteiger charge is 2.33. The van der Waals surface area contributed by atoms with Crippen molar-refractivity contribution in [1.29, 1.82) is 0 Å². The quantitative estimate of drug-likeness (QED) is 0.564. The van der Waals surface area contributed by atoms with E-state index in [2.05, 4.69) is 46.3 Å². The summed E-state index contributed by atoms with van der Waals surface area (Å²) in [5, 5.41) is 6.92. The highest BCUT2D eigenvalue weighted by atomic mass is 15.3. The summed E-state index contributed by atoms with van der Waals surface area (Å²) in [5.74, 6) is 1.75. The topological polar surface area (TPSA) is 42.9 Å². The molecule has 1 saturated carbocycles. The largest absolute Gasteiger partial charge is 0.355 e. The van der Waals surface area contributed by atoms with Gasteiger partial charge in [0.05, 0.1) is 0 Å². The van der Waals surface area contributed by atoms with Gasteiger partial charge in [0.25, 0.3) is 0 Å². The van der Waals surface area contributed by atoms with Crippen LogP contribution in [-0.4, -0.2) is 74.7 Å². The van der Waals surface area contributed by atoms with Crippen LogP contribution in [0.25, 0.3) is 0 Å². The Kier molecular flexibility index (Phi) is 5.05. The number of nitrogens with zero attached hydrogens (tertiary/aromatic N) is 3. The number of hydrogen-bond acceptors (Lipinski definition) is 3. The molecule has 0 bridgehead atoms. The molecule has 2 rings (SSSR count). The van der Waals surface area contributed by atoms with Crippen LogP contribution in [0.2, 0.25) is 0 Å². The Morgan fingerprint density at radius 2 is 1.95 bits per heavy atom. The standard InChI is InChI=1S/C14H29N5/c1-11-9-13(11)17-14(15-3)16-10-12(2)19-7-5-18(4)6-8-19/h11-13H,5-10H2,1-4H3,(H2,15,16,17). The number of piperazine rings is 1. The summed E-state index contributed by atoms with van der Waals surface area (Å²) in [7, 11) is 4.05. The lowest BCUT2D eigenvalue weighted by molar-refractivity contribution is 0.120. The summed E-state index contributed by atoms with van der Waals surface area (Å²) in [6.07, 6.45) is 1.27. The van der Waals surface area contributed by atoms with Crippen LogP contribution in [0.3, 0.4) is 0 Å². The molecule has 2 fully saturated rings. The Morgan fingerprint density at radius 3 is 2.47 bits per heavy atom. The van der Waals surface area contributed by atoms with E-state index in [0.717, 1.165) is 18.4 Å². The number of aliphatic imine (C=N–C) groups is 1. The van der Waals surface area contributed by atoms with Gasteiger partial charge in [0, 0.05) is 51.9 Å². The molecule has 1 heterocycles. The average molecular weight is 267 g/mol. The van der Waals surface area contributed by atoms with Gasteiger partial charge in [-0.25, -0.2) is 0 Å². The van der Waals surface area contributed by atoms with Crippen molar-refractivity contribution in [3.63, 3.8) is 0 Å². The van der Waals surface area contributed by atoms with Gasteiger partial charge in [0.2, 0.25) is 0 Å². The van der Waals surface area contributed by atoms with Gasteiger partial charge in [0.1, 0.15) is 0 Å². The molecular formula is C14H29N5. The van der Waals surface area contributed by atoms with Crippen molar-refractivity contribution in [3.8, 4) is 0 Å². The molecule has 110 valence electrons. The van der Waals surface area contributed by atoms with Crippen molar-refractivity contribution in [2.24, 2.45) is 10.9 Å². The van der Waals surface area contributed by atoms with Gasteiger partial charge in [-0.15, -0.1) is 0 Å². The minimum absolute atomic E-state index is 0.559. The van der Waals surface area contributed by atoms with Crippen LogP contribution in [-0.2, 0) is 0 Å². The van der Waals surface area contributed by atoms with E-state index in [4.69, 9.17) is 0 Å². The zero-order valence-electron chi connectivity index (χ0n) is 12.8. The zero-order chi connectivity index (χ0) is 13.8. The molecule has 5 heteroatoms. The predicted octanol–water partition coefficient (Wildman–Crippen LogP) is 0.196. The first-order chi connectivity index (χ1) is 9.10. The Hall–Kier alpha value is -0.810. The van der Waals surface area contributed by atoms with Crippen molar-refractivity contribution in [2.45, 2.75) is 32.4 Å². The van der Waals surface area contributed by atoms with Crippen LogP contribution in [0.15, 0.2) is 4.99 Å². The zero-order valence-corrected chi connectivity index (χ0v) is 12.8.